The Morgan fingerprint density at radius 3 is 2.58 bits per heavy atom. The second-order valence-electron chi connectivity index (χ2n) is 6.39. The van der Waals surface area contributed by atoms with Crippen LogP contribution in [-0.4, -0.2) is 30.0 Å². The van der Waals surface area contributed by atoms with Crippen LogP contribution < -0.4 is 16.8 Å². The monoisotopic (exact) mass is 354 g/mol. The minimum Gasteiger partial charge on any atom is -0.351 e. The molecule has 3 rings (SSSR count). The highest BCUT2D eigenvalue weighted by Gasteiger charge is 2.11. The predicted octanol–water partition coefficient (Wildman–Crippen LogP) is 2.77. The van der Waals surface area contributed by atoms with Crippen molar-refractivity contribution in [3.05, 3.63) is 60.0 Å². The molecule has 0 spiro atoms. The molecule has 26 heavy (non-hydrogen) atoms. The molecule has 1 aromatic heterocycles. The van der Waals surface area contributed by atoms with Crippen molar-refractivity contribution in [1.29, 1.82) is 0 Å². The molecule has 2 aromatic carbocycles. The summed E-state index contributed by atoms with van der Waals surface area (Å²) in [6, 6.07) is 13.9. The first-order valence-electron chi connectivity index (χ1n) is 8.69. The normalized spacial score (nSPS) is 12.3. The Balaban J connectivity index is 1.72. The minimum atomic E-state index is -0.264. The van der Waals surface area contributed by atoms with E-state index in [1.807, 2.05) is 24.3 Å². The van der Waals surface area contributed by atoms with Gasteiger partial charge in [-0.05, 0) is 60.8 Å². The zero-order valence-corrected chi connectivity index (χ0v) is 14.5. The summed E-state index contributed by atoms with van der Waals surface area (Å²) >= 11 is 0. The Morgan fingerprint density at radius 2 is 1.85 bits per heavy atom. The van der Waals surface area contributed by atoms with Crippen molar-refractivity contribution in [1.82, 2.24) is 10.3 Å². The molecule has 0 fully saturated rings. The Kier molecular flexibility index (Phi) is 5.65. The van der Waals surface area contributed by atoms with Gasteiger partial charge in [-0.2, -0.15) is 0 Å². The molecule has 6 heteroatoms. The van der Waals surface area contributed by atoms with Gasteiger partial charge < -0.3 is 21.8 Å². The molecule has 6 N–H and O–H groups in total. The SMILES string of the molecule is NCCCC(N)CNC(=O)c1cc2cc(-c3ccc(F)cc3)ccc2[nH]1. The first kappa shape index (κ1) is 18.1. The van der Waals surface area contributed by atoms with Crippen LogP contribution in [0.25, 0.3) is 22.0 Å². The third-order valence-corrected chi connectivity index (χ3v) is 4.35. The van der Waals surface area contributed by atoms with Gasteiger partial charge in [0.2, 0.25) is 0 Å². The van der Waals surface area contributed by atoms with Gasteiger partial charge in [-0.3, -0.25) is 4.79 Å². The number of H-pyrrole nitrogens is 1. The third-order valence-electron chi connectivity index (χ3n) is 4.35. The average Bonchev–Trinajstić information content (AvgIpc) is 3.08. The van der Waals surface area contributed by atoms with Gasteiger partial charge in [0, 0.05) is 23.5 Å². The van der Waals surface area contributed by atoms with Crippen LogP contribution >= 0.6 is 0 Å². The Hall–Kier alpha value is -2.70. The molecule has 0 bridgehead atoms. The molecule has 0 aliphatic heterocycles. The maximum absolute atomic E-state index is 13.1. The second kappa shape index (κ2) is 8.12. The molecule has 1 heterocycles. The van der Waals surface area contributed by atoms with E-state index in [4.69, 9.17) is 11.5 Å². The number of carbonyl (C=O) groups excluding carboxylic acids is 1. The van der Waals surface area contributed by atoms with E-state index in [1.54, 1.807) is 12.1 Å². The number of aromatic amines is 1. The lowest BCUT2D eigenvalue weighted by Crippen LogP contribution is -2.37. The quantitative estimate of drug-likeness (QED) is 0.525. The lowest BCUT2D eigenvalue weighted by Gasteiger charge is -2.11. The van der Waals surface area contributed by atoms with E-state index in [2.05, 4.69) is 10.3 Å². The van der Waals surface area contributed by atoms with Gasteiger partial charge in [0.15, 0.2) is 0 Å². The molecule has 0 saturated heterocycles. The summed E-state index contributed by atoms with van der Waals surface area (Å²) in [4.78, 5) is 15.4. The zero-order chi connectivity index (χ0) is 18.5. The van der Waals surface area contributed by atoms with E-state index >= 15 is 0 Å². The van der Waals surface area contributed by atoms with Crippen LogP contribution in [0.1, 0.15) is 23.3 Å². The number of amides is 1. The molecule has 5 nitrogen and oxygen atoms in total. The highest BCUT2D eigenvalue weighted by molar-refractivity contribution is 5.98. The van der Waals surface area contributed by atoms with Gasteiger partial charge in [0.25, 0.3) is 5.91 Å². The highest BCUT2D eigenvalue weighted by atomic mass is 19.1. The number of aromatic nitrogens is 1. The van der Waals surface area contributed by atoms with Gasteiger partial charge in [-0.15, -0.1) is 0 Å². The van der Waals surface area contributed by atoms with Crippen molar-refractivity contribution in [2.75, 3.05) is 13.1 Å². The summed E-state index contributed by atoms with van der Waals surface area (Å²) in [7, 11) is 0. The third kappa shape index (κ3) is 4.28. The molecule has 0 saturated carbocycles. The Bertz CT molecular complexity index is 888. The van der Waals surface area contributed by atoms with E-state index in [9.17, 15) is 9.18 Å². The van der Waals surface area contributed by atoms with Crippen molar-refractivity contribution in [3.63, 3.8) is 0 Å². The largest absolute Gasteiger partial charge is 0.351 e. The van der Waals surface area contributed by atoms with Crippen molar-refractivity contribution in [2.45, 2.75) is 18.9 Å². The standard InChI is InChI=1S/C20H23FN4O/c21-16-6-3-13(4-7-16)14-5-8-18-15(10-14)11-19(25-18)20(26)24-12-17(23)2-1-9-22/h3-8,10-11,17,25H,1-2,9,12,22-23H2,(H,24,26). The van der Waals surface area contributed by atoms with E-state index in [-0.39, 0.29) is 17.8 Å². The lowest BCUT2D eigenvalue weighted by molar-refractivity contribution is 0.0946. The summed E-state index contributed by atoms with van der Waals surface area (Å²) in [6.07, 6.45) is 1.63. The Labute approximate surface area is 151 Å². The second-order valence-corrected chi connectivity index (χ2v) is 6.39. The summed E-state index contributed by atoms with van der Waals surface area (Å²) in [5, 5.41) is 3.76. The molecule has 0 radical (unpaired) electrons. The van der Waals surface area contributed by atoms with Crippen LogP contribution in [0.3, 0.4) is 0 Å². The maximum Gasteiger partial charge on any atom is 0.267 e. The maximum atomic E-state index is 13.1. The number of carbonyl (C=O) groups is 1. The smallest absolute Gasteiger partial charge is 0.267 e. The fourth-order valence-corrected chi connectivity index (χ4v) is 2.88. The lowest BCUT2D eigenvalue weighted by atomic mass is 10.0. The molecule has 1 atom stereocenters. The van der Waals surface area contributed by atoms with Crippen LogP contribution in [0, 0.1) is 5.82 Å². The molecular formula is C20H23FN4O. The summed E-state index contributed by atoms with van der Waals surface area (Å²) < 4.78 is 13.1. The van der Waals surface area contributed by atoms with Crippen molar-refractivity contribution in [2.24, 2.45) is 11.5 Å². The fraction of sp³-hybridized carbons (Fsp3) is 0.250. The zero-order valence-electron chi connectivity index (χ0n) is 14.5. The molecule has 136 valence electrons. The summed E-state index contributed by atoms with van der Waals surface area (Å²) in [5.74, 6) is -0.451. The van der Waals surface area contributed by atoms with Gasteiger partial charge in [-0.1, -0.05) is 18.2 Å². The number of halogens is 1. The number of hydrogen-bond donors (Lipinski definition) is 4. The molecular weight excluding hydrogens is 331 g/mol. The van der Waals surface area contributed by atoms with Gasteiger partial charge >= 0.3 is 0 Å². The van der Waals surface area contributed by atoms with Crippen molar-refractivity contribution >= 4 is 16.8 Å². The summed E-state index contributed by atoms with van der Waals surface area (Å²) in [6.45, 7) is 1.01. The highest BCUT2D eigenvalue weighted by Crippen LogP contribution is 2.25. The van der Waals surface area contributed by atoms with Crippen LogP contribution in [0.2, 0.25) is 0 Å². The van der Waals surface area contributed by atoms with Crippen molar-refractivity contribution in [3.8, 4) is 11.1 Å². The molecule has 1 unspecified atom stereocenters. The van der Waals surface area contributed by atoms with Crippen LogP contribution in [0.4, 0.5) is 4.39 Å². The van der Waals surface area contributed by atoms with Crippen LogP contribution in [0.5, 0.6) is 0 Å². The number of nitrogens with one attached hydrogen (secondary N) is 2. The predicted molar refractivity (Wildman–Crippen MR) is 102 cm³/mol. The van der Waals surface area contributed by atoms with Crippen LogP contribution in [0.15, 0.2) is 48.5 Å². The number of hydrogen-bond acceptors (Lipinski definition) is 3. The Morgan fingerprint density at radius 1 is 1.12 bits per heavy atom. The van der Waals surface area contributed by atoms with E-state index < -0.39 is 0 Å². The number of nitrogens with two attached hydrogens (primary N) is 2. The van der Waals surface area contributed by atoms with Crippen molar-refractivity contribution < 1.29 is 9.18 Å². The fourth-order valence-electron chi connectivity index (χ4n) is 2.88. The van der Waals surface area contributed by atoms with E-state index in [1.165, 1.54) is 12.1 Å². The average molecular weight is 354 g/mol. The molecule has 3 aromatic rings. The van der Waals surface area contributed by atoms with Gasteiger partial charge in [0.1, 0.15) is 11.5 Å². The van der Waals surface area contributed by atoms with E-state index in [0.717, 1.165) is 34.9 Å². The van der Waals surface area contributed by atoms with Gasteiger partial charge in [0.05, 0.1) is 0 Å². The van der Waals surface area contributed by atoms with E-state index in [0.29, 0.717) is 18.8 Å². The topological polar surface area (TPSA) is 96.9 Å². The summed E-state index contributed by atoms with van der Waals surface area (Å²) in [5.41, 5.74) is 14.7. The van der Waals surface area contributed by atoms with Crippen LogP contribution in [-0.2, 0) is 0 Å². The minimum absolute atomic E-state index is 0.100. The van der Waals surface area contributed by atoms with Gasteiger partial charge in [-0.25, -0.2) is 4.39 Å². The number of rotatable bonds is 7. The first-order valence-corrected chi connectivity index (χ1v) is 8.69. The number of fused-ring (bicyclic) bond motifs is 1. The molecule has 0 aliphatic rings. The first-order chi connectivity index (χ1) is 12.6. The number of benzene rings is 2. The molecule has 1 amide bonds. The molecule has 0 aliphatic carbocycles.